The second kappa shape index (κ2) is 5.88. The highest BCUT2D eigenvalue weighted by Gasteiger charge is 2.12. The zero-order chi connectivity index (χ0) is 18.4. The average molecular weight is 357 g/mol. The molecule has 0 aliphatic rings. The van der Waals surface area contributed by atoms with Crippen LogP contribution >= 0.6 is 0 Å². The van der Waals surface area contributed by atoms with E-state index in [4.69, 9.17) is 9.15 Å². The van der Waals surface area contributed by atoms with Crippen LogP contribution in [0.25, 0.3) is 27.9 Å². The van der Waals surface area contributed by atoms with Crippen molar-refractivity contribution in [3.8, 4) is 28.6 Å². The van der Waals surface area contributed by atoms with E-state index in [1.807, 2.05) is 47.9 Å². The number of hydrogen-bond donors (Lipinski definition) is 1. The van der Waals surface area contributed by atoms with E-state index >= 15 is 0 Å². The molecule has 6 nitrogen and oxygen atoms in total. The Hall–Kier alpha value is -3.80. The predicted molar refractivity (Wildman–Crippen MR) is 101 cm³/mol. The highest BCUT2D eigenvalue weighted by Crippen LogP contribution is 2.33. The maximum absolute atomic E-state index is 9.96. The molecule has 1 aromatic carbocycles. The molecule has 0 fully saturated rings. The van der Waals surface area contributed by atoms with Crippen LogP contribution in [0, 0.1) is 6.92 Å². The summed E-state index contributed by atoms with van der Waals surface area (Å²) < 4.78 is 13.2. The molecule has 0 aliphatic carbocycles. The SMILES string of the molecule is Cc1cc(Oc2nccc3occc23)ccc1-c1ccc(O)c2nccn12. The molecule has 0 unspecified atom stereocenters. The van der Waals surface area contributed by atoms with Crippen LogP contribution in [-0.2, 0) is 0 Å². The van der Waals surface area contributed by atoms with Gasteiger partial charge in [0.05, 0.1) is 17.3 Å². The predicted octanol–water partition coefficient (Wildman–Crippen LogP) is 4.95. The number of furan rings is 1. The number of aryl methyl sites for hydroxylation is 1. The van der Waals surface area contributed by atoms with Crippen molar-refractivity contribution in [2.45, 2.75) is 6.92 Å². The molecule has 6 heteroatoms. The van der Waals surface area contributed by atoms with E-state index < -0.39 is 0 Å². The van der Waals surface area contributed by atoms with Crippen molar-refractivity contribution in [3.05, 3.63) is 72.9 Å². The molecule has 4 heterocycles. The first kappa shape index (κ1) is 15.5. The topological polar surface area (TPSA) is 72.8 Å². The van der Waals surface area contributed by atoms with Gasteiger partial charge in [0, 0.05) is 24.2 Å². The smallest absolute Gasteiger partial charge is 0.230 e. The maximum atomic E-state index is 9.96. The van der Waals surface area contributed by atoms with Gasteiger partial charge < -0.3 is 14.3 Å². The monoisotopic (exact) mass is 357 g/mol. The fourth-order valence-electron chi connectivity index (χ4n) is 3.27. The van der Waals surface area contributed by atoms with E-state index in [1.165, 1.54) is 0 Å². The second-order valence-corrected chi connectivity index (χ2v) is 6.25. The normalized spacial score (nSPS) is 11.3. The second-order valence-electron chi connectivity index (χ2n) is 6.25. The fraction of sp³-hybridized carbons (Fsp3) is 0.0476. The number of aromatic hydroxyl groups is 1. The van der Waals surface area contributed by atoms with E-state index in [-0.39, 0.29) is 5.75 Å². The standard InChI is InChI=1S/C21H15N3O3/c1-13-12-14(27-21-16-7-11-26-19(16)6-8-23-21)2-3-15(13)17-4-5-18(25)20-22-9-10-24(17)20/h2-12,25H,1H3. The van der Waals surface area contributed by atoms with Crippen LogP contribution in [-0.4, -0.2) is 19.5 Å². The molecule has 0 saturated carbocycles. The minimum Gasteiger partial charge on any atom is -0.504 e. The lowest BCUT2D eigenvalue weighted by atomic mass is 10.0. The Morgan fingerprint density at radius 3 is 2.85 bits per heavy atom. The molecule has 1 N–H and O–H groups in total. The summed E-state index contributed by atoms with van der Waals surface area (Å²) in [5.74, 6) is 1.36. The van der Waals surface area contributed by atoms with Crippen molar-refractivity contribution in [2.24, 2.45) is 0 Å². The van der Waals surface area contributed by atoms with Crippen LogP contribution in [0.2, 0.25) is 0 Å². The van der Waals surface area contributed by atoms with Crippen LogP contribution in [0.1, 0.15) is 5.56 Å². The molecule has 0 aliphatic heterocycles. The van der Waals surface area contributed by atoms with Crippen molar-refractivity contribution in [1.29, 1.82) is 0 Å². The zero-order valence-electron chi connectivity index (χ0n) is 14.5. The fourth-order valence-corrected chi connectivity index (χ4v) is 3.27. The number of imidazole rings is 1. The summed E-state index contributed by atoms with van der Waals surface area (Å²) in [4.78, 5) is 8.51. The molecule has 0 atom stereocenters. The van der Waals surface area contributed by atoms with Gasteiger partial charge in [-0.3, -0.25) is 4.40 Å². The lowest BCUT2D eigenvalue weighted by molar-refractivity contribution is 0.468. The first-order valence-electron chi connectivity index (χ1n) is 8.47. The van der Waals surface area contributed by atoms with Gasteiger partial charge in [0.25, 0.3) is 0 Å². The molecule has 5 aromatic rings. The summed E-state index contributed by atoms with van der Waals surface area (Å²) in [5, 5.41) is 10.8. The highest BCUT2D eigenvalue weighted by atomic mass is 16.5. The van der Waals surface area contributed by atoms with Gasteiger partial charge in [-0.15, -0.1) is 0 Å². The van der Waals surface area contributed by atoms with Gasteiger partial charge in [-0.05, 0) is 55.0 Å². The third-order valence-corrected chi connectivity index (χ3v) is 4.56. The third-order valence-electron chi connectivity index (χ3n) is 4.56. The Labute approximate surface area is 154 Å². The van der Waals surface area contributed by atoms with E-state index in [2.05, 4.69) is 9.97 Å². The molecule has 0 bridgehead atoms. The van der Waals surface area contributed by atoms with E-state index in [1.54, 1.807) is 30.8 Å². The van der Waals surface area contributed by atoms with Crippen LogP contribution in [0.4, 0.5) is 0 Å². The Bertz CT molecular complexity index is 1290. The molecular formula is C21H15N3O3. The number of aromatic nitrogens is 3. The summed E-state index contributed by atoms with van der Waals surface area (Å²) in [6, 6.07) is 13.0. The van der Waals surface area contributed by atoms with Crippen molar-refractivity contribution >= 4 is 16.6 Å². The minimum absolute atomic E-state index is 0.153. The van der Waals surface area contributed by atoms with E-state index in [0.717, 1.165) is 27.8 Å². The summed E-state index contributed by atoms with van der Waals surface area (Å²) >= 11 is 0. The molecule has 27 heavy (non-hydrogen) atoms. The average Bonchev–Trinajstić information content (AvgIpc) is 3.33. The number of fused-ring (bicyclic) bond motifs is 2. The summed E-state index contributed by atoms with van der Waals surface area (Å²) in [6.45, 7) is 2.02. The number of rotatable bonds is 3. The van der Waals surface area contributed by atoms with Crippen LogP contribution in [0.3, 0.4) is 0 Å². The molecule has 0 spiro atoms. The maximum Gasteiger partial charge on any atom is 0.230 e. The highest BCUT2D eigenvalue weighted by molar-refractivity contribution is 5.82. The van der Waals surface area contributed by atoms with Crippen molar-refractivity contribution in [1.82, 2.24) is 14.4 Å². The number of ether oxygens (including phenoxy) is 1. The minimum atomic E-state index is 0.153. The third kappa shape index (κ3) is 2.50. The van der Waals surface area contributed by atoms with Crippen LogP contribution in [0.5, 0.6) is 17.4 Å². The van der Waals surface area contributed by atoms with Crippen molar-refractivity contribution in [2.75, 3.05) is 0 Å². The number of nitrogens with zero attached hydrogens (tertiary/aromatic N) is 3. The molecule has 0 saturated heterocycles. The van der Waals surface area contributed by atoms with Gasteiger partial charge in [-0.25, -0.2) is 9.97 Å². The van der Waals surface area contributed by atoms with Gasteiger partial charge in [-0.1, -0.05) is 0 Å². The molecule has 0 radical (unpaired) electrons. The van der Waals surface area contributed by atoms with Gasteiger partial charge >= 0.3 is 0 Å². The Morgan fingerprint density at radius 1 is 1.04 bits per heavy atom. The Kier molecular flexibility index (Phi) is 3.36. The van der Waals surface area contributed by atoms with E-state index in [0.29, 0.717) is 17.3 Å². The lowest BCUT2D eigenvalue weighted by Crippen LogP contribution is -1.94. The first-order chi connectivity index (χ1) is 13.2. The largest absolute Gasteiger partial charge is 0.504 e. The van der Waals surface area contributed by atoms with Gasteiger partial charge in [-0.2, -0.15) is 0 Å². The van der Waals surface area contributed by atoms with Gasteiger partial charge in [0.15, 0.2) is 11.4 Å². The molecular weight excluding hydrogens is 342 g/mol. The van der Waals surface area contributed by atoms with E-state index in [9.17, 15) is 5.11 Å². The zero-order valence-corrected chi connectivity index (χ0v) is 14.5. The quantitative estimate of drug-likeness (QED) is 0.495. The summed E-state index contributed by atoms with van der Waals surface area (Å²) in [6.07, 6.45) is 6.78. The van der Waals surface area contributed by atoms with Crippen LogP contribution in [0.15, 0.2) is 71.7 Å². The molecule has 0 amide bonds. The summed E-state index contributed by atoms with van der Waals surface area (Å²) in [7, 11) is 0. The molecule has 5 rings (SSSR count). The number of pyridine rings is 2. The molecule has 132 valence electrons. The van der Waals surface area contributed by atoms with Gasteiger partial charge in [0.2, 0.25) is 5.88 Å². The van der Waals surface area contributed by atoms with Gasteiger partial charge in [0.1, 0.15) is 11.3 Å². The Balaban J connectivity index is 1.55. The van der Waals surface area contributed by atoms with Crippen molar-refractivity contribution < 1.29 is 14.3 Å². The van der Waals surface area contributed by atoms with Crippen LogP contribution < -0.4 is 4.74 Å². The van der Waals surface area contributed by atoms with Crippen molar-refractivity contribution in [3.63, 3.8) is 0 Å². The number of hydrogen-bond acceptors (Lipinski definition) is 5. The summed E-state index contributed by atoms with van der Waals surface area (Å²) in [5.41, 5.74) is 4.27. The lowest BCUT2D eigenvalue weighted by Gasteiger charge is -2.12. The Morgan fingerprint density at radius 2 is 1.96 bits per heavy atom. The number of benzene rings is 1. The first-order valence-corrected chi connectivity index (χ1v) is 8.47. The molecule has 4 aromatic heterocycles.